The second kappa shape index (κ2) is 7.59. The fourth-order valence-corrected chi connectivity index (χ4v) is 2.36. The van der Waals surface area contributed by atoms with Gasteiger partial charge in [-0.25, -0.2) is 0 Å². The molecule has 6 nitrogen and oxygen atoms in total. The van der Waals surface area contributed by atoms with E-state index in [9.17, 15) is 9.59 Å². The summed E-state index contributed by atoms with van der Waals surface area (Å²) < 4.78 is 0. The number of hydrogen-bond acceptors (Lipinski definition) is 4. The van der Waals surface area contributed by atoms with Crippen LogP contribution in [0.2, 0.25) is 0 Å². The lowest BCUT2D eigenvalue weighted by Crippen LogP contribution is -2.56. The molecule has 1 aliphatic carbocycles. The molecular formula is C14H27N3O3. The lowest BCUT2D eigenvalue weighted by molar-refractivity contribution is -0.139. The van der Waals surface area contributed by atoms with Gasteiger partial charge in [-0.15, -0.1) is 0 Å². The first-order valence-electron chi connectivity index (χ1n) is 7.28. The van der Waals surface area contributed by atoms with E-state index in [0.717, 1.165) is 19.4 Å². The normalized spacial score (nSPS) is 22.1. The van der Waals surface area contributed by atoms with E-state index in [0.29, 0.717) is 12.6 Å². The molecule has 0 aromatic rings. The number of nitrogens with zero attached hydrogens (tertiary/aromatic N) is 2. The highest BCUT2D eigenvalue weighted by Gasteiger charge is 2.34. The van der Waals surface area contributed by atoms with Gasteiger partial charge >= 0.3 is 5.97 Å². The van der Waals surface area contributed by atoms with Gasteiger partial charge in [0.05, 0.1) is 13.1 Å². The molecule has 1 amide bonds. The third-order valence-electron chi connectivity index (χ3n) is 4.01. The van der Waals surface area contributed by atoms with Crippen molar-refractivity contribution < 1.29 is 14.7 Å². The van der Waals surface area contributed by atoms with Crippen molar-refractivity contribution in [2.75, 3.05) is 26.7 Å². The Morgan fingerprint density at radius 2 is 1.90 bits per heavy atom. The molecule has 1 rings (SSSR count). The van der Waals surface area contributed by atoms with Crippen LogP contribution >= 0.6 is 0 Å². The first-order valence-corrected chi connectivity index (χ1v) is 7.28. The van der Waals surface area contributed by atoms with E-state index < -0.39 is 5.97 Å². The Morgan fingerprint density at radius 3 is 2.35 bits per heavy atom. The molecule has 2 N–H and O–H groups in total. The van der Waals surface area contributed by atoms with Crippen LogP contribution in [0.15, 0.2) is 0 Å². The quantitative estimate of drug-likeness (QED) is 0.674. The van der Waals surface area contributed by atoms with Gasteiger partial charge in [-0.2, -0.15) is 0 Å². The van der Waals surface area contributed by atoms with Crippen molar-refractivity contribution in [1.29, 1.82) is 0 Å². The van der Waals surface area contributed by atoms with Gasteiger partial charge < -0.3 is 10.4 Å². The summed E-state index contributed by atoms with van der Waals surface area (Å²) in [6.07, 6.45) is 1.69. The molecule has 0 heterocycles. The van der Waals surface area contributed by atoms with E-state index in [1.807, 2.05) is 23.8 Å². The van der Waals surface area contributed by atoms with Gasteiger partial charge in [0, 0.05) is 18.1 Å². The lowest BCUT2D eigenvalue weighted by Gasteiger charge is -2.42. The maximum atomic E-state index is 11.8. The van der Waals surface area contributed by atoms with Gasteiger partial charge in [0.1, 0.15) is 0 Å². The van der Waals surface area contributed by atoms with Gasteiger partial charge in [-0.05, 0) is 40.3 Å². The molecule has 6 heteroatoms. The number of hydrogen-bond donors (Lipinski definition) is 2. The van der Waals surface area contributed by atoms with E-state index in [-0.39, 0.29) is 24.5 Å². The van der Waals surface area contributed by atoms with Gasteiger partial charge in [0.2, 0.25) is 5.91 Å². The summed E-state index contributed by atoms with van der Waals surface area (Å²) in [6.45, 7) is 7.29. The zero-order valence-corrected chi connectivity index (χ0v) is 12.9. The largest absolute Gasteiger partial charge is 0.480 e. The Labute approximate surface area is 121 Å². The second-order valence-electron chi connectivity index (χ2n) is 5.86. The zero-order chi connectivity index (χ0) is 15.3. The molecule has 0 spiro atoms. The predicted molar refractivity (Wildman–Crippen MR) is 77.6 cm³/mol. The monoisotopic (exact) mass is 285 g/mol. The summed E-state index contributed by atoms with van der Waals surface area (Å²) in [6, 6.07) is 0.821. The minimum atomic E-state index is -0.794. The molecule has 20 heavy (non-hydrogen) atoms. The van der Waals surface area contributed by atoms with E-state index in [1.165, 1.54) is 0 Å². The number of rotatable bonds is 8. The molecular weight excluding hydrogens is 258 g/mol. The number of nitrogens with one attached hydrogen (secondary N) is 1. The van der Waals surface area contributed by atoms with Crippen LogP contribution in [-0.4, -0.2) is 71.6 Å². The Bertz CT molecular complexity index is 341. The van der Waals surface area contributed by atoms with Crippen molar-refractivity contribution >= 4 is 11.9 Å². The van der Waals surface area contributed by atoms with Crippen molar-refractivity contribution in [2.24, 2.45) is 0 Å². The van der Waals surface area contributed by atoms with Crippen molar-refractivity contribution in [1.82, 2.24) is 15.1 Å². The van der Waals surface area contributed by atoms with Crippen LogP contribution < -0.4 is 5.32 Å². The summed E-state index contributed by atoms with van der Waals surface area (Å²) in [5, 5.41) is 11.8. The van der Waals surface area contributed by atoms with Crippen LogP contribution in [0.4, 0.5) is 0 Å². The van der Waals surface area contributed by atoms with E-state index in [1.54, 1.807) is 0 Å². The van der Waals surface area contributed by atoms with Crippen LogP contribution in [0.3, 0.4) is 0 Å². The number of carboxylic acid groups (broad SMARTS) is 1. The van der Waals surface area contributed by atoms with Crippen LogP contribution in [-0.2, 0) is 9.59 Å². The molecule has 0 bridgehead atoms. The van der Waals surface area contributed by atoms with E-state index in [2.05, 4.69) is 19.2 Å². The molecule has 1 saturated carbocycles. The lowest BCUT2D eigenvalue weighted by atomic mass is 9.85. The summed E-state index contributed by atoms with van der Waals surface area (Å²) >= 11 is 0. The number of carbonyl (C=O) groups is 2. The van der Waals surface area contributed by atoms with Crippen molar-refractivity contribution in [3.05, 3.63) is 0 Å². The first-order chi connectivity index (χ1) is 9.33. The van der Waals surface area contributed by atoms with Gasteiger partial charge in [0.25, 0.3) is 0 Å². The molecule has 0 aromatic heterocycles. The van der Waals surface area contributed by atoms with Crippen LogP contribution in [0.5, 0.6) is 0 Å². The number of likely N-dealkylation sites (N-methyl/N-ethyl adjacent to an activating group) is 2. The highest BCUT2D eigenvalue weighted by atomic mass is 16.4. The fourth-order valence-electron chi connectivity index (χ4n) is 2.36. The topological polar surface area (TPSA) is 72.9 Å². The zero-order valence-electron chi connectivity index (χ0n) is 12.9. The van der Waals surface area contributed by atoms with Crippen molar-refractivity contribution in [3.63, 3.8) is 0 Å². The maximum Gasteiger partial charge on any atom is 0.317 e. The number of carbonyl (C=O) groups excluding carboxylic acids is 1. The number of amides is 1. The number of aliphatic carboxylic acids is 1. The van der Waals surface area contributed by atoms with Crippen molar-refractivity contribution in [2.45, 2.75) is 51.7 Å². The third kappa shape index (κ3) is 5.09. The van der Waals surface area contributed by atoms with Gasteiger partial charge in [-0.1, -0.05) is 6.92 Å². The summed E-state index contributed by atoms with van der Waals surface area (Å²) in [5.41, 5.74) is 0. The highest BCUT2D eigenvalue weighted by Crippen LogP contribution is 2.25. The smallest absolute Gasteiger partial charge is 0.317 e. The Kier molecular flexibility index (Phi) is 6.42. The molecule has 1 fully saturated rings. The van der Waals surface area contributed by atoms with E-state index >= 15 is 0 Å². The fraction of sp³-hybridized carbons (Fsp3) is 0.857. The summed E-state index contributed by atoms with van der Waals surface area (Å²) in [4.78, 5) is 26.5. The molecule has 0 saturated heterocycles. The van der Waals surface area contributed by atoms with E-state index in [4.69, 9.17) is 5.11 Å². The maximum absolute atomic E-state index is 11.8. The minimum absolute atomic E-state index is 0.0472. The molecule has 0 radical (unpaired) electrons. The van der Waals surface area contributed by atoms with Crippen LogP contribution in [0, 0.1) is 0 Å². The molecule has 116 valence electrons. The number of carboxylic acids is 1. The van der Waals surface area contributed by atoms with Gasteiger partial charge in [0.15, 0.2) is 0 Å². The third-order valence-corrected chi connectivity index (χ3v) is 4.01. The molecule has 1 aliphatic rings. The second-order valence-corrected chi connectivity index (χ2v) is 5.86. The first kappa shape index (κ1) is 16.9. The summed E-state index contributed by atoms with van der Waals surface area (Å²) in [7, 11) is 1.93. The average molecular weight is 285 g/mol. The van der Waals surface area contributed by atoms with Gasteiger partial charge in [-0.3, -0.25) is 19.4 Å². The SMILES string of the molecule is CCN(CC(=O)O)C1CC(NC(=O)CN(C)C(C)C)C1. The minimum Gasteiger partial charge on any atom is -0.480 e. The highest BCUT2D eigenvalue weighted by molar-refractivity contribution is 5.78. The van der Waals surface area contributed by atoms with Crippen molar-refractivity contribution in [3.8, 4) is 0 Å². The standard InChI is InChI=1S/C14H27N3O3/c1-5-17(9-14(19)20)12-6-11(7-12)15-13(18)8-16(4)10(2)3/h10-12H,5-9H2,1-4H3,(H,15,18)(H,19,20). The van der Waals surface area contributed by atoms with Crippen LogP contribution in [0.25, 0.3) is 0 Å². The molecule has 0 atom stereocenters. The Balaban J connectivity index is 2.27. The molecule has 0 aliphatic heterocycles. The Hall–Kier alpha value is -1.14. The molecule has 0 aromatic carbocycles. The Morgan fingerprint density at radius 1 is 1.30 bits per heavy atom. The predicted octanol–water partition coefficient (Wildman–Crippen LogP) is 0.380. The molecule has 0 unspecified atom stereocenters. The summed E-state index contributed by atoms with van der Waals surface area (Å²) in [5.74, 6) is -0.746. The van der Waals surface area contributed by atoms with Crippen LogP contribution in [0.1, 0.15) is 33.6 Å². The average Bonchev–Trinajstić information content (AvgIpc) is 2.30.